The van der Waals surface area contributed by atoms with E-state index in [2.05, 4.69) is 5.92 Å². The number of rotatable bonds is 3. The number of hydrogen-bond donors (Lipinski definition) is 1. The summed E-state index contributed by atoms with van der Waals surface area (Å²) in [5.74, 6) is 2.44. The minimum absolute atomic E-state index is 0.00940. The van der Waals surface area contributed by atoms with Gasteiger partial charge in [-0.15, -0.1) is 12.3 Å². The molecule has 0 aromatic carbocycles. The third-order valence-electron chi connectivity index (χ3n) is 3.38. The highest BCUT2D eigenvalue weighted by atomic mass is 16.2. The lowest BCUT2D eigenvalue weighted by molar-refractivity contribution is -0.133. The average Bonchev–Trinajstić information content (AvgIpc) is 2.56. The Kier molecular flexibility index (Phi) is 5.34. The van der Waals surface area contributed by atoms with E-state index in [-0.39, 0.29) is 5.91 Å². The van der Waals surface area contributed by atoms with Crippen LogP contribution in [0.4, 0.5) is 0 Å². The van der Waals surface area contributed by atoms with E-state index in [4.69, 9.17) is 12.2 Å². The van der Waals surface area contributed by atoms with Crippen molar-refractivity contribution in [2.75, 3.05) is 7.05 Å². The van der Waals surface area contributed by atoms with Gasteiger partial charge in [0.15, 0.2) is 0 Å². The summed E-state index contributed by atoms with van der Waals surface area (Å²) < 4.78 is 0. The van der Waals surface area contributed by atoms with Gasteiger partial charge in [-0.05, 0) is 12.8 Å². The molecular weight excluding hydrogens is 200 g/mol. The lowest BCUT2D eigenvalue weighted by Crippen LogP contribution is -2.46. The first-order valence-corrected chi connectivity index (χ1v) is 6.12. The quantitative estimate of drug-likeness (QED) is 0.581. The molecule has 0 radical (unpaired) electrons. The molecule has 1 amide bonds. The van der Waals surface area contributed by atoms with Crippen molar-refractivity contribution in [3.63, 3.8) is 0 Å². The van der Waals surface area contributed by atoms with Crippen LogP contribution in [0.3, 0.4) is 0 Å². The molecule has 1 rings (SSSR count). The van der Waals surface area contributed by atoms with Crippen molar-refractivity contribution < 1.29 is 4.79 Å². The topological polar surface area (TPSA) is 46.3 Å². The van der Waals surface area contributed by atoms with E-state index in [0.717, 1.165) is 12.8 Å². The van der Waals surface area contributed by atoms with Crippen LogP contribution in [-0.4, -0.2) is 29.9 Å². The Hall–Kier alpha value is -1.01. The van der Waals surface area contributed by atoms with E-state index in [9.17, 15) is 4.79 Å². The number of likely N-dealkylation sites (N-methyl/N-ethyl adjacent to an activating group) is 1. The van der Waals surface area contributed by atoms with Crippen LogP contribution in [0.1, 0.15) is 44.9 Å². The highest BCUT2D eigenvalue weighted by molar-refractivity contribution is 5.82. The lowest BCUT2D eigenvalue weighted by Gasteiger charge is -2.29. The Morgan fingerprint density at radius 2 is 2.00 bits per heavy atom. The summed E-state index contributed by atoms with van der Waals surface area (Å²) >= 11 is 0. The first kappa shape index (κ1) is 13.1. The molecule has 3 nitrogen and oxygen atoms in total. The van der Waals surface area contributed by atoms with Gasteiger partial charge >= 0.3 is 0 Å². The molecule has 0 bridgehead atoms. The molecule has 1 atom stereocenters. The summed E-state index contributed by atoms with van der Waals surface area (Å²) in [5, 5.41) is 0. The number of hydrogen-bond acceptors (Lipinski definition) is 2. The molecule has 0 aromatic heterocycles. The molecule has 1 aliphatic carbocycles. The van der Waals surface area contributed by atoms with E-state index in [0.29, 0.717) is 12.5 Å². The SMILES string of the molecule is C#CCC(N)C(=O)N(C)C1CCCCCC1. The smallest absolute Gasteiger partial charge is 0.240 e. The van der Waals surface area contributed by atoms with Crippen LogP contribution < -0.4 is 5.73 Å². The minimum atomic E-state index is -0.529. The zero-order chi connectivity index (χ0) is 12.0. The molecule has 2 N–H and O–H groups in total. The maximum Gasteiger partial charge on any atom is 0.240 e. The van der Waals surface area contributed by atoms with Crippen LogP contribution in [0.25, 0.3) is 0 Å². The number of carbonyl (C=O) groups is 1. The Labute approximate surface area is 98.4 Å². The normalized spacial score (nSPS) is 19.6. The van der Waals surface area contributed by atoms with E-state index < -0.39 is 6.04 Å². The molecule has 0 aromatic rings. The first-order valence-electron chi connectivity index (χ1n) is 6.12. The zero-order valence-corrected chi connectivity index (χ0v) is 10.1. The van der Waals surface area contributed by atoms with E-state index in [1.807, 2.05) is 11.9 Å². The summed E-state index contributed by atoms with van der Waals surface area (Å²) in [4.78, 5) is 13.8. The van der Waals surface area contributed by atoms with Crippen molar-refractivity contribution in [2.24, 2.45) is 5.73 Å². The lowest BCUT2D eigenvalue weighted by atomic mass is 10.1. The van der Waals surface area contributed by atoms with Gasteiger partial charge in [-0.2, -0.15) is 0 Å². The second-order valence-corrected chi connectivity index (χ2v) is 4.61. The van der Waals surface area contributed by atoms with Crippen LogP contribution in [0.5, 0.6) is 0 Å². The van der Waals surface area contributed by atoms with Gasteiger partial charge in [-0.25, -0.2) is 0 Å². The fourth-order valence-corrected chi connectivity index (χ4v) is 2.30. The summed E-state index contributed by atoms with van der Waals surface area (Å²) in [6, 6.07) is -0.169. The molecule has 3 heteroatoms. The predicted molar refractivity (Wildman–Crippen MR) is 65.7 cm³/mol. The molecule has 90 valence electrons. The highest BCUT2D eigenvalue weighted by Gasteiger charge is 2.24. The molecule has 1 saturated carbocycles. The molecule has 1 unspecified atom stereocenters. The Bertz CT molecular complexity index is 262. The van der Waals surface area contributed by atoms with Gasteiger partial charge in [-0.3, -0.25) is 4.79 Å². The van der Waals surface area contributed by atoms with Crippen molar-refractivity contribution in [1.82, 2.24) is 4.90 Å². The standard InChI is InChI=1S/C13H22N2O/c1-3-8-12(14)13(16)15(2)11-9-6-4-5-7-10-11/h1,11-12H,4-10,14H2,2H3. The van der Waals surface area contributed by atoms with Gasteiger partial charge in [-0.1, -0.05) is 25.7 Å². The van der Waals surface area contributed by atoms with Gasteiger partial charge in [0.05, 0.1) is 6.04 Å². The predicted octanol–water partition coefficient (Wildman–Crippen LogP) is 1.52. The molecule has 16 heavy (non-hydrogen) atoms. The van der Waals surface area contributed by atoms with Crippen LogP contribution in [0.15, 0.2) is 0 Å². The van der Waals surface area contributed by atoms with Crippen molar-refractivity contribution >= 4 is 5.91 Å². The van der Waals surface area contributed by atoms with Gasteiger partial charge in [0, 0.05) is 19.5 Å². The fraction of sp³-hybridized carbons (Fsp3) is 0.769. The van der Waals surface area contributed by atoms with E-state index >= 15 is 0 Å². The van der Waals surface area contributed by atoms with E-state index in [1.165, 1.54) is 25.7 Å². The third-order valence-corrected chi connectivity index (χ3v) is 3.38. The Balaban J connectivity index is 2.51. The molecule has 0 aliphatic heterocycles. The molecule has 1 fully saturated rings. The monoisotopic (exact) mass is 222 g/mol. The van der Waals surface area contributed by atoms with E-state index in [1.54, 1.807) is 0 Å². The van der Waals surface area contributed by atoms with Gasteiger partial charge in [0.1, 0.15) is 0 Å². The van der Waals surface area contributed by atoms with Crippen molar-refractivity contribution in [3.05, 3.63) is 0 Å². The Morgan fingerprint density at radius 3 is 2.50 bits per heavy atom. The number of terminal acetylenes is 1. The molecule has 0 heterocycles. The average molecular weight is 222 g/mol. The van der Waals surface area contributed by atoms with Crippen molar-refractivity contribution in [2.45, 2.75) is 57.0 Å². The van der Waals surface area contributed by atoms with Crippen LogP contribution >= 0.6 is 0 Å². The largest absolute Gasteiger partial charge is 0.341 e. The summed E-state index contributed by atoms with van der Waals surface area (Å²) in [7, 11) is 1.86. The maximum absolute atomic E-state index is 11.9. The van der Waals surface area contributed by atoms with Crippen LogP contribution in [-0.2, 0) is 4.79 Å². The van der Waals surface area contributed by atoms with Crippen LogP contribution in [0, 0.1) is 12.3 Å². The zero-order valence-electron chi connectivity index (χ0n) is 10.1. The molecular formula is C13H22N2O. The third kappa shape index (κ3) is 3.53. The summed E-state index contributed by atoms with van der Waals surface area (Å²) in [6.45, 7) is 0. The fourth-order valence-electron chi connectivity index (χ4n) is 2.30. The summed E-state index contributed by atoms with van der Waals surface area (Å²) in [6.07, 6.45) is 12.7. The molecule has 0 spiro atoms. The first-order chi connectivity index (χ1) is 7.66. The summed E-state index contributed by atoms with van der Waals surface area (Å²) in [5.41, 5.74) is 5.74. The van der Waals surface area contributed by atoms with Gasteiger partial charge in [0.25, 0.3) is 0 Å². The number of carbonyl (C=O) groups excluding carboxylic acids is 1. The minimum Gasteiger partial charge on any atom is -0.341 e. The number of amides is 1. The van der Waals surface area contributed by atoms with Crippen molar-refractivity contribution in [1.29, 1.82) is 0 Å². The van der Waals surface area contributed by atoms with Crippen molar-refractivity contribution in [3.8, 4) is 12.3 Å². The van der Waals surface area contributed by atoms with Gasteiger partial charge in [0.2, 0.25) is 5.91 Å². The molecule has 0 saturated heterocycles. The second kappa shape index (κ2) is 6.55. The molecule has 1 aliphatic rings. The number of nitrogens with two attached hydrogens (primary N) is 1. The van der Waals surface area contributed by atoms with Gasteiger partial charge < -0.3 is 10.6 Å². The maximum atomic E-state index is 11.9. The highest BCUT2D eigenvalue weighted by Crippen LogP contribution is 2.21. The van der Waals surface area contributed by atoms with Crippen LogP contribution in [0.2, 0.25) is 0 Å². The second-order valence-electron chi connectivity index (χ2n) is 4.61. The number of nitrogens with zero attached hydrogens (tertiary/aromatic N) is 1. The Morgan fingerprint density at radius 1 is 1.44 bits per heavy atom.